The average molecular weight is 361 g/mol. The molecule has 2 fully saturated rings. The second-order valence-corrected chi connectivity index (χ2v) is 7.01. The van der Waals surface area contributed by atoms with Crippen LogP contribution in [0.25, 0.3) is 0 Å². The molecule has 0 atom stereocenters. The molecule has 0 unspecified atom stereocenters. The van der Waals surface area contributed by atoms with Crippen molar-refractivity contribution in [1.29, 1.82) is 0 Å². The first-order chi connectivity index (χ1) is 12.6. The molecule has 1 amide bonds. The molecule has 0 aromatic heterocycles. The Bertz CT molecular complexity index is 615. The fraction of sp³-hybridized carbons (Fsp3) is 0.650. The Kier molecular flexibility index (Phi) is 6.04. The van der Waals surface area contributed by atoms with Crippen LogP contribution in [0.2, 0.25) is 0 Å². The second-order valence-electron chi connectivity index (χ2n) is 7.01. The lowest BCUT2D eigenvalue weighted by atomic mass is 10.0. The molecule has 0 bridgehead atoms. The molecular weight excluding hydrogens is 330 g/mol. The van der Waals surface area contributed by atoms with Crippen molar-refractivity contribution in [2.24, 2.45) is 0 Å². The van der Waals surface area contributed by atoms with Crippen molar-refractivity contribution < 1.29 is 14.3 Å². The van der Waals surface area contributed by atoms with E-state index in [2.05, 4.69) is 49.2 Å². The number of benzene rings is 1. The van der Waals surface area contributed by atoms with Gasteiger partial charge in [-0.3, -0.25) is 4.79 Å². The van der Waals surface area contributed by atoms with Crippen molar-refractivity contribution in [3.63, 3.8) is 0 Å². The molecule has 0 aliphatic carbocycles. The molecule has 0 radical (unpaired) electrons. The van der Waals surface area contributed by atoms with E-state index in [1.807, 2.05) is 4.90 Å². The summed E-state index contributed by atoms with van der Waals surface area (Å²) in [4.78, 5) is 16.8. The highest BCUT2D eigenvalue weighted by atomic mass is 16.7. The summed E-state index contributed by atoms with van der Waals surface area (Å²) >= 11 is 0. The minimum absolute atomic E-state index is 0.130. The Morgan fingerprint density at radius 1 is 1.19 bits per heavy atom. The first kappa shape index (κ1) is 19.0. The summed E-state index contributed by atoms with van der Waals surface area (Å²) in [6.45, 7) is 11.4. The molecule has 1 aromatic rings. The Balaban J connectivity index is 1.51. The number of hydrogen-bond acceptors (Lipinski definition) is 5. The van der Waals surface area contributed by atoms with Gasteiger partial charge in [0.05, 0.1) is 19.8 Å². The zero-order chi connectivity index (χ0) is 18.6. The van der Waals surface area contributed by atoms with E-state index in [-0.39, 0.29) is 5.91 Å². The number of nitrogens with zero attached hydrogens (tertiary/aromatic N) is 2. The van der Waals surface area contributed by atoms with Gasteiger partial charge in [-0.1, -0.05) is 0 Å². The highest BCUT2D eigenvalue weighted by molar-refractivity contribution is 5.81. The number of rotatable bonds is 6. The van der Waals surface area contributed by atoms with Crippen LogP contribution in [0, 0.1) is 6.92 Å². The third-order valence-electron chi connectivity index (χ3n) is 5.46. The fourth-order valence-electron chi connectivity index (χ4n) is 3.80. The van der Waals surface area contributed by atoms with Crippen LogP contribution in [0.5, 0.6) is 0 Å². The molecule has 26 heavy (non-hydrogen) atoms. The summed E-state index contributed by atoms with van der Waals surface area (Å²) in [7, 11) is 0. The van der Waals surface area contributed by atoms with Gasteiger partial charge in [-0.25, -0.2) is 0 Å². The SMILES string of the molecule is CCN(CC)c1ccc(NCC(=O)N2CCC3(CC2)OCCO3)c(C)c1. The summed E-state index contributed by atoms with van der Waals surface area (Å²) in [6, 6.07) is 6.37. The van der Waals surface area contributed by atoms with Crippen molar-refractivity contribution in [3.8, 4) is 0 Å². The zero-order valence-electron chi connectivity index (χ0n) is 16.2. The smallest absolute Gasteiger partial charge is 0.241 e. The van der Waals surface area contributed by atoms with Crippen molar-refractivity contribution in [2.45, 2.75) is 39.4 Å². The second kappa shape index (κ2) is 8.27. The van der Waals surface area contributed by atoms with E-state index in [4.69, 9.17) is 9.47 Å². The topological polar surface area (TPSA) is 54.0 Å². The number of amides is 1. The highest BCUT2D eigenvalue weighted by Crippen LogP contribution is 2.31. The number of piperidine rings is 1. The van der Waals surface area contributed by atoms with Crippen LogP contribution in [-0.4, -0.2) is 62.5 Å². The predicted octanol–water partition coefficient (Wildman–Crippen LogP) is 2.62. The molecule has 2 saturated heterocycles. The summed E-state index contributed by atoms with van der Waals surface area (Å²) in [5.74, 6) is -0.300. The Morgan fingerprint density at radius 3 is 2.42 bits per heavy atom. The molecule has 3 rings (SSSR count). The van der Waals surface area contributed by atoms with Gasteiger partial charge in [-0.15, -0.1) is 0 Å². The van der Waals surface area contributed by atoms with E-state index < -0.39 is 5.79 Å². The van der Waals surface area contributed by atoms with Crippen LogP contribution in [-0.2, 0) is 14.3 Å². The Hall–Kier alpha value is -1.79. The molecule has 1 N–H and O–H groups in total. The molecule has 2 aliphatic heterocycles. The standard InChI is InChI=1S/C20H31N3O3/c1-4-22(5-2)17-6-7-18(16(3)14-17)21-15-19(24)23-10-8-20(9-11-23)25-12-13-26-20/h6-7,14,21H,4-5,8-13,15H2,1-3H3. The molecule has 2 aliphatic rings. The number of aryl methyl sites for hydroxylation is 1. The fourth-order valence-corrected chi connectivity index (χ4v) is 3.80. The lowest BCUT2D eigenvalue weighted by molar-refractivity contribution is -0.187. The van der Waals surface area contributed by atoms with E-state index in [1.165, 1.54) is 5.69 Å². The van der Waals surface area contributed by atoms with Gasteiger partial charge in [-0.05, 0) is 44.5 Å². The lowest BCUT2D eigenvalue weighted by Crippen LogP contribution is -2.48. The number of hydrogen-bond donors (Lipinski definition) is 1. The first-order valence-electron chi connectivity index (χ1n) is 9.72. The van der Waals surface area contributed by atoms with Gasteiger partial charge in [0.25, 0.3) is 0 Å². The average Bonchev–Trinajstić information content (AvgIpc) is 3.10. The normalized spacial score (nSPS) is 19.0. The van der Waals surface area contributed by atoms with E-state index in [0.29, 0.717) is 32.8 Å². The van der Waals surface area contributed by atoms with Gasteiger partial charge in [0.15, 0.2) is 5.79 Å². The van der Waals surface area contributed by atoms with Gasteiger partial charge in [0.2, 0.25) is 5.91 Å². The van der Waals surface area contributed by atoms with Crippen LogP contribution >= 0.6 is 0 Å². The molecule has 0 saturated carbocycles. The number of anilines is 2. The van der Waals surface area contributed by atoms with Crippen molar-refractivity contribution in [3.05, 3.63) is 23.8 Å². The lowest BCUT2D eigenvalue weighted by Gasteiger charge is -2.37. The molecule has 2 heterocycles. The zero-order valence-corrected chi connectivity index (χ0v) is 16.2. The van der Waals surface area contributed by atoms with Gasteiger partial charge in [-0.2, -0.15) is 0 Å². The predicted molar refractivity (Wildman–Crippen MR) is 104 cm³/mol. The monoisotopic (exact) mass is 361 g/mol. The molecule has 1 aromatic carbocycles. The maximum atomic E-state index is 12.5. The van der Waals surface area contributed by atoms with Crippen molar-refractivity contribution in [1.82, 2.24) is 4.90 Å². The largest absolute Gasteiger partial charge is 0.376 e. The third-order valence-corrected chi connectivity index (χ3v) is 5.46. The van der Waals surface area contributed by atoms with E-state index in [0.717, 1.165) is 37.2 Å². The van der Waals surface area contributed by atoms with Crippen molar-refractivity contribution in [2.75, 3.05) is 56.2 Å². The molecular formula is C20H31N3O3. The van der Waals surface area contributed by atoms with Crippen LogP contribution in [0.4, 0.5) is 11.4 Å². The molecule has 6 heteroatoms. The maximum Gasteiger partial charge on any atom is 0.241 e. The summed E-state index contributed by atoms with van der Waals surface area (Å²) in [5.41, 5.74) is 3.40. The van der Waals surface area contributed by atoms with E-state index in [9.17, 15) is 4.79 Å². The number of carbonyl (C=O) groups is 1. The van der Waals surface area contributed by atoms with Gasteiger partial charge < -0.3 is 24.6 Å². The molecule has 6 nitrogen and oxygen atoms in total. The summed E-state index contributed by atoms with van der Waals surface area (Å²) in [5, 5.41) is 3.30. The van der Waals surface area contributed by atoms with Crippen LogP contribution in [0.1, 0.15) is 32.3 Å². The van der Waals surface area contributed by atoms with E-state index in [1.54, 1.807) is 0 Å². The Morgan fingerprint density at radius 2 is 1.85 bits per heavy atom. The molecule has 1 spiro atoms. The third kappa shape index (κ3) is 4.13. The van der Waals surface area contributed by atoms with Gasteiger partial charge in [0.1, 0.15) is 0 Å². The number of ether oxygens (including phenoxy) is 2. The number of carbonyl (C=O) groups excluding carboxylic acids is 1. The summed E-state index contributed by atoms with van der Waals surface area (Å²) in [6.07, 6.45) is 1.52. The van der Waals surface area contributed by atoms with E-state index >= 15 is 0 Å². The number of likely N-dealkylation sites (tertiary alicyclic amines) is 1. The van der Waals surface area contributed by atoms with Crippen LogP contribution in [0.15, 0.2) is 18.2 Å². The van der Waals surface area contributed by atoms with Crippen LogP contribution < -0.4 is 10.2 Å². The maximum absolute atomic E-state index is 12.5. The first-order valence-corrected chi connectivity index (χ1v) is 9.72. The van der Waals surface area contributed by atoms with Crippen molar-refractivity contribution >= 4 is 17.3 Å². The van der Waals surface area contributed by atoms with Crippen LogP contribution in [0.3, 0.4) is 0 Å². The highest BCUT2D eigenvalue weighted by Gasteiger charge is 2.40. The van der Waals surface area contributed by atoms with Gasteiger partial charge in [0, 0.05) is 50.4 Å². The quantitative estimate of drug-likeness (QED) is 0.844. The number of nitrogens with one attached hydrogen (secondary N) is 1. The van der Waals surface area contributed by atoms with Gasteiger partial charge >= 0.3 is 0 Å². The molecule has 144 valence electrons. The Labute approximate surface area is 156 Å². The summed E-state index contributed by atoms with van der Waals surface area (Å²) < 4.78 is 11.4. The minimum atomic E-state index is -0.430. The minimum Gasteiger partial charge on any atom is -0.376 e.